The second kappa shape index (κ2) is 7.15. The Morgan fingerprint density at radius 1 is 1.16 bits per heavy atom. The number of hydrogen-bond acceptors (Lipinski definition) is 4. The van der Waals surface area contributed by atoms with Crippen LogP contribution in [0.5, 0.6) is 0 Å². The topological polar surface area (TPSA) is 46.8 Å². The summed E-state index contributed by atoms with van der Waals surface area (Å²) in [5.74, 6) is 1.87. The molecule has 1 aliphatic heterocycles. The van der Waals surface area contributed by atoms with Gasteiger partial charge in [0, 0.05) is 25.4 Å². The minimum atomic E-state index is 0.334. The van der Waals surface area contributed by atoms with Gasteiger partial charge < -0.3 is 0 Å². The Morgan fingerprint density at radius 2 is 2.04 bits per heavy atom. The average Bonchev–Trinajstić information content (AvgIpc) is 3.32. The molecule has 1 saturated heterocycles. The molecule has 2 aromatic heterocycles. The summed E-state index contributed by atoms with van der Waals surface area (Å²) in [4.78, 5) is 16.3. The molecule has 5 heteroatoms. The van der Waals surface area contributed by atoms with Gasteiger partial charge in [-0.2, -0.15) is 0 Å². The molecule has 0 radical (unpaired) electrons. The van der Waals surface area contributed by atoms with Gasteiger partial charge in [-0.1, -0.05) is 37.3 Å². The van der Waals surface area contributed by atoms with Crippen LogP contribution in [0.15, 0.2) is 55.1 Å². The number of rotatable bonds is 5. The van der Waals surface area contributed by atoms with Crippen molar-refractivity contribution in [1.29, 1.82) is 0 Å². The fraction of sp³-hybridized carbons (Fsp3) is 0.350. The summed E-state index contributed by atoms with van der Waals surface area (Å²) in [6.07, 6.45) is 10.7. The van der Waals surface area contributed by atoms with E-state index in [1.165, 1.54) is 12.0 Å². The highest BCUT2D eigenvalue weighted by Gasteiger charge is 2.27. The molecular weight excluding hydrogens is 310 g/mol. The minimum absolute atomic E-state index is 0.334. The van der Waals surface area contributed by atoms with E-state index in [9.17, 15) is 0 Å². The zero-order valence-corrected chi connectivity index (χ0v) is 14.5. The van der Waals surface area contributed by atoms with Crippen molar-refractivity contribution in [2.24, 2.45) is 0 Å². The molecular formula is C20H23N5. The molecule has 0 saturated carbocycles. The molecule has 5 nitrogen and oxygen atoms in total. The monoisotopic (exact) mass is 333 g/mol. The summed E-state index contributed by atoms with van der Waals surface area (Å²) < 4.78 is 2.03. The third kappa shape index (κ3) is 3.33. The summed E-state index contributed by atoms with van der Waals surface area (Å²) >= 11 is 0. The summed E-state index contributed by atoms with van der Waals surface area (Å²) in [5, 5.41) is 0. The van der Waals surface area contributed by atoms with E-state index in [0.29, 0.717) is 6.04 Å². The molecule has 0 N–H and O–H groups in total. The van der Waals surface area contributed by atoms with Gasteiger partial charge in [-0.25, -0.2) is 9.97 Å². The highest BCUT2D eigenvalue weighted by molar-refractivity contribution is 5.24. The van der Waals surface area contributed by atoms with Crippen LogP contribution in [0.3, 0.4) is 0 Å². The molecule has 1 fully saturated rings. The van der Waals surface area contributed by atoms with Gasteiger partial charge in [0.1, 0.15) is 5.82 Å². The van der Waals surface area contributed by atoms with Gasteiger partial charge >= 0.3 is 0 Å². The van der Waals surface area contributed by atoms with Crippen LogP contribution in [-0.2, 0) is 13.0 Å². The van der Waals surface area contributed by atoms with Crippen LogP contribution >= 0.6 is 0 Å². The van der Waals surface area contributed by atoms with Crippen molar-refractivity contribution in [3.05, 3.63) is 72.2 Å². The minimum Gasteiger partial charge on any atom is -0.290 e. The van der Waals surface area contributed by atoms with E-state index < -0.39 is 0 Å². The maximum Gasteiger partial charge on any atom is 0.156 e. The van der Waals surface area contributed by atoms with Crippen molar-refractivity contribution < 1.29 is 0 Å². The molecule has 0 spiro atoms. The first-order chi connectivity index (χ1) is 12.3. The van der Waals surface area contributed by atoms with E-state index >= 15 is 0 Å². The maximum atomic E-state index is 4.92. The molecule has 0 amide bonds. The summed E-state index contributed by atoms with van der Waals surface area (Å²) in [6.45, 7) is 4.17. The number of likely N-dealkylation sites (tertiary alicyclic amines) is 1. The Morgan fingerprint density at radius 3 is 2.88 bits per heavy atom. The first-order valence-electron chi connectivity index (χ1n) is 8.97. The lowest BCUT2D eigenvalue weighted by molar-refractivity contribution is 0.244. The number of aromatic nitrogens is 4. The highest BCUT2D eigenvalue weighted by atomic mass is 15.2. The Labute approximate surface area is 148 Å². The van der Waals surface area contributed by atoms with E-state index in [1.54, 1.807) is 0 Å². The smallest absolute Gasteiger partial charge is 0.156 e. The number of imidazole rings is 1. The Balaban J connectivity index is 1.59. The van der Waals surface area contributed by atoms with Crippen molar-refractivity contribution >= 4 is 0 Å². The molecule has 0 aliphatic carbocycles. The quantitative estimate of drug-likeness (QED) is 0.716. The van der Waals surface area contributed by atoms with Gasteiger partial charge in [-0.3, -0.25) is 14.5 Å². The number of aryl methyl sites for hydroxylation is 1. The average molecular weight is 333 g/mol. The fourth-order valence-corrected chi connectivity index (χ4v) is 3.62. The molecule has 128 valence electrons. The molecule has 1 unspecified atom stereocenters. The van der Waals surface area contributed by atoms with Gasteiger partial charge in [0.25, 0.3) is 0 Å². The Kier molecular flexibility index (Phi) is 4.57. The number of hydrogen-bond donors (Lipinski definition) is 0. The molecule has 25 heavy (non-hydrogen) atoms. The second-order valence-electron chi connectivity index (χ2n) is 6.48. The number of nitrogens with zero attached hydrogens (tertiary/aromatic N) is 5. The summed E-state index contributed by atoms with van der Waals surface area (Å²) in [6, 6.07) is 11.0. The normalized spacial score (nSPS) is 17.9. The van der Waals surface area contributed by atoms with Crippen LogP contribution < -0.4 is 0 Å². The molecule has 3 aromatic rings. The molecule has 0 bridgehead atoms. The van der Waals surface area contributed by atoms with Gasteiger partial charge in [-0.05, 0) is 24.9 Å². The standard InChI is InChI=1S/C20H23N5/c1-2-19-22-10-12-25(19)20-14-21-13-17(23-20)18-9-6-11-24(18)15-16-7-4-3-5-8-16/h3-5,7-8,10,12-14,18H,2,6,9,11,15H2,1H3. The van der Waals surface area contributed by atoms with E-state index in [2.05, 4.69) is 52.1 Å². The van der Waals surface area contributed by atoms with Crippen molar-refractivity contribution in [2.45, 2.75) is 38.8 Å². The van der Waals surface area contributed by atoms with Crippen LogP contribution in [0, 0.1) is 0 Å². The first-order valence-corrected chi connectivity index (χ1v) is 8.97. The molecule has 4 rings (SSSR count). The molecule has 1 atom stereocenters. The van der Waals surface area contributed by atoms with Gasteiger partial charge in [0.05, 0.1) is 24.1 Å². The lowest BCUT2D eigenvalue weighted by Crippen LogP contribution is -2.24. The van der Waals surface area contributed by atoms with Gasteiger partial charge in [0.15, 0.2) is 5.82 Å². The highest BCUT2D eigenvalue weighted by Crippen LogP contribution is 2.32. The van der Waals surface area contributed by atoms with Crippen LogP contribution in [0.1, 0.15) is 42.9 Å². The lowest BCUT2D eigenvalue weighted by Gasteiger charge is -2.24. The largest absolute Gasteiger partial charge is 0.290 e. The zero-order valence-electron chi connectivity index (χ0n) is 14.5. The summed E-state index contributed by atoms with van der Waals surface area (Å²) in [5.41, 5.74) is 2.41. The van der Waals surface area contributed by atoms with Crippen LogP contribution in [0.4, 0.5) is 0 Å². The van der Waals surface area contributed by atoms with E-state index in [1.807, 2.05) is 29.4 Å². The van der Waals surface area contributed by atoms with Crippen molar-refractivity contribution in [1.82, 2.24) is 24.4 Å². The molecule has 1 aromatic carbocycles. The van der Waals surface area contributed by atoms with Crippen LogP contribution in [0.2, 0.25) is 0 Å². The second-order valence-corrected chi connectivity index (χ2v) is 6.48. The van der Waals surface area contributed by atoms with Crippen molar-refractivity contribution in [2.75, 3.05) is 6.54 Å². The van der Waals surface area contributed by atoms with Crippen LogP contribution in [0.25, 0.3) is 5.82 Å². The Hall–Kier alpha value is -2.53. The number of benzene rings is 1. The first kappa shape index (κ1) is 16.0. The van der Waals surface area contributed by atoms with E-state index in [-0.39, 0.29) is 0 Å². The fourth-order valence-electron chi connectivity index (χ4n) is 3.62. The van der Waals surface area contributed by atoms with Crippen LogP contribution in [-0.4, -0.2) is 31.0 Å². The van der Waals surface area contributed by atoms with Gasteiger partial charge in [0.2, 0.25) is 0 Å². The molecule has 3 heterocycles. The third-order valence-electron chi connectivity index (χ3n) is 4.85. The Bertz CT molecular complexity index is 827. The predicted molar refractivity (Wildman–Crippen MR) is 97.4 cm³/mol. The summed E-state index contributed by atoms with van der Waals surface area (Å²) in [7, 11) is 0. The zero-order chi connectivity index (χ0) is 17.1. The predicted octanol–water partition coefficient (Wildman–Crippen LogP) is 3.56. The SMILES string of the molecule is CCc1nccn1-c1cncc(C2CCCN2Cc2ccccc2)n1. The van der Waals surface area contributed by atoms with Crippen molar-refractivity contribution in [3.63, 3.8) is 0 Å². The third-order valence-corrected chi connectivity index (χ3v) is 4.85. The van der Waals surface area contributed by atoms with Gasteiger partial charge in [-0.15, -0.1) is 0 Å². The molecule has 1 aliphatic rings. The van der Waals surface area contributed by atoms with E-state index in [0.717, 1.165) is 43.3 Å². The van der Waals surface area contributed by atoms with E-state index in [4.69, 9.17) is 4.98 Å². The lowest BCUT2D eigenvalue weighted by atomic mass is 10.1. The van der Waals surface area contributed by atoms with Crippen molar-refractivity contribution in [3.8, 4) is 5.82 Å². The maximum absolute atomic E-state index is 4.92.